The Morgan fingerprint density at radius 1 is 1.39 bits per heavy atom. The molecule has 1 atom stereocenters. The van der Waals surface area contributed by atoms with Crippen LogP contribution < -0.4 is 5.32 Å². The lowest BCUT2D eigenvalue weighted by Crippen LogP contribution is -2.37. The van der Waals surface area contributed by atoms with Crippen LogP contribution in [0.3, 0.4) is 0 Å². The van der Waals surface area contributed by atoms with Gasteiger partial charge >= 0.3 is 0 Å². The molecule has 2 rings (SSSR count). The second-order valence-electron chi connectivity index (χ2n) is 5.06. The molecule has 0 spiro atoms. The third-order valence-electron chi connectivity index (χ3n) is 3.78. The van der Waals surface area contributed by atoms with Crippen molar-refractivity contribution in [3.8, 4) is 0 Å². The van der Waals surface area contributed by atoms with Crippen LogP contribution in [0.5, 0.6) is 0 Å². The minimum Gasteiger partial charge on any atom is -0.385 e. The van der Waals surface area contributed by atoms with E-state index in [0.717, 1.165) is 26.1 Å². The van der Waals surface area contributed by atoms with Crippen LogP contribution in [0.25, 0.3) is 0 Å². The van der Waals surface area contributed by atoms with E-state index >= 15 is 0 Å². The molecule has 0 radical (unpaired) electrons. The number of fused-ring (bicyclic) bond motifs is 1. The zero-order valence-corrected chi connectivity index (χ0v) is 11.5. The molecule has 1 unspecified atom stereocenters. The topological polar surface area (TPSA) is 24.5 Å². The number of hydrogen-bond donors (Lipinski definition) is 1. The van der Waals surface area contributed by atoms with E-state index in [0.29, 0.717) is 6.04 Å². The van der Waals surface area contributed by atoms with Crippen molar-refractivity contribution < 1.29 is 4.74 Å². The molecule has 0 saturated heterocycles. The molecule has 0 aliphatic carbocycles. The average molecular weight is 248 g/mol. The van der Waals surface area contributed by atoms with Crippen molar-refractivity contribution >= 4 is 5.69 Å². The SMILES string of the molecule is COCCCN(C)C1CCc2ccccc2NC1. The van der Waals surface area contributed by atoms with Crippen LogP contribution in [0.4, 0.5) is 5.69 Å². The highest BCUT2D eigenvalue weighted by Crippen LogP contribution is 2.22. The lowest BCUT2D eigenvalue weighted by molar-refractivity contribution is 0.165. The minimum atomic E-state index is 0.620. The van der Waals surface area contributed by atoms with Gasteiger partial charge in [-0.05, 0) is 37.9 Å². The molecule has 0 fully saturated rings. The summed E-state index contributed by atoms with van der Waals surface area (Å²) in [4.78, 5) is 2.46. The highest BCUT2D eigenvalue weighted by molar-refractivity contribution is 5.52. The predicted molar refractivity (Wildman–Crippen MR) is 76.2 cm³/mol. The molecule has 0 amide bonds. The second kappa shape index (κ2) is 6.76. The van der Waals surface area contributed by atoms with Crippen LogP contribution in [0, 0.1) is 0 Å². The maximum absolute atomic E-state index is 5.11. The van der Waals surface area contributed by atoms with Crippen LogP contribution in [0.2, 0.25) is 0 Å². The Morgan fingerprint density at radius 2 is 2.22 bits per heavy atom. The van der Waals surface area contributed by atoms with Crippen LogP contribution in [-0.2, 0) is 11.2 Å². The third-order valence-corrected chi connectivity index (χ3v) is 3.78. The van der Waals surface area contributed by atoms with Gasteiger partial charge in [-0.3, -0.25) is 0 Å². The van der Waals surface area contributed by atoms with E-state index in [4.69, 9.17) is 4.74 Å². The standard InChI is InChI=1S/C15H24N2O/c1-17(10-5-11-18-2)14-9-8-13-6-3-4-7-15(13)16-12-14/h3-4,6-7,14,16H,5,8-12H2,1-2H3. The number of benzene rings is 1. The Balaban J connectivity index is 1.87. The molecule has 0 bridgehead atoms. The molecular formula is C15H24N2O. The fraction of sp³-hybridized carbons (Fsp3) is 0.600. The molecular weight excluding hydrogens is 224 g/mol. The van der Waals surface area contributed by atoms with Gasteiger partial charge in [-0.2, -0.15) is 0 Å². The van der Waals surface area contributed by atoms with E-state index in [1.165, 1.54) is 24.1 Å². The van der Waals surface area contributed by atoms with Crippen LogP contribution in [0.15, 0.2) is 24.3 Å². The summed E-state index contributed by atoms with van der Waals surface area (Å²) in [5.74, 6) is 0. The van der Waals surface area contributed by atoms with Gasteiger partial charge in [-0.25, -0.2) is 0 Å². The molecule has 18 heavy (non-hydrogen) atoms. The molecule has 100 valence electrons. The van der Waals surface area contributed by atoms with Crippen LogP contribution in [-0.4, -0.2) is 44.8 Å². The quantitative estimate of drug-likeness (QED) is 0.810. The Kier molecular flexibility index (Phi) is 5.02. The van der Waals surface area contributed by atoms with E-state index in [-0.39, 0.29) is 0 Å². The van der Waals surface area contributed by atoms with Gasteiger partial charge in [0.15, 0.2) is 0 Å². The molecule has 1 aromatic rings. The number of nitrogens with zero attached hydrogens (tertiary/aromatic N) is 1. The summed E-state index contributed by atoms with van der Waals surface area (Å²) >= 11 is 0. The Hall–Kier alpha value is -1.06. The van der Waals surface area contributed by atoms with Gasteiger partial charge in [0.05, 0.1) is 0 Å². The Labute approximate surface area is 110 Å². The number of likely N-dealkylation sites (N-methyl/N-ethyl adjacent to an activating group) is 1. The molecule has 3 heteroatoms. The minimum absolute atomic E-state index is 0.620. The van der Waals surface area contributed by atoms with Crippen molar-refractivity contribution in [1.29, 1.82) is 0 Å². The maximum Gasteiger partial charge on any atom is 0.0474 e. The summed E-state index contributed by atoms with van der Waals surface area (Å²) in [6.07, 6.45) is 3.51. The van der Waals surface area contributed by atoms with Gasteiger partial charge in [0, 0.05) is 38.5 Å². The highest BCUT2D eigenvalue weighted by atomic mass is 16.5. The number of ether oxygens (including phenoxy) is 1. The lowest BCUT2D eigenvalue weighted by Gasteiger charge is -2.26. The first-order valence-corrected chi connectivity index (χ1v) is 6.82. The zero-order chi connectivity index (χ0) is 12.8. The Morgan fingerprint density at radius 3 is 3.06 bits per heavy atom. The number of para-hydroxylation sites is 1. The summed E-state index contributed by atoms with van der Waals surface area (Å²) in [5.41, 5.74) is 2.76. The Bertz CT molecular complexity index is 340. The van der Waals surface area contributed by atoms with Crippen molar-refractivity contribution in [2.75, 3.05) is 39.2 Å². The van der Waals surface area contributed by atoms with Gasteiger partial charge in [0.25, 0.3) is 0 Å². The van der Waals surface area contributed by atoms with Crippen molar-refractivity contribution in [2.24, 2.45) is 0 Å². The largest absolute Gasteiger partial charge is 0.385 e. The maximum atomic E-state index is 5.11. The van der Waals surface area contributed by atoms with Gasteiger partial charge in [-0.1, -0.05) is 18.2 Å². The van der Waals surface area contributed by atoms with E-state index in [1.54, 1.807) is 7.11 Å². The van der Waals surface area contributed by atoms with E-state index < -0.39 is 0 Å². The van der Waals surface area contributed by atoms with Gasteiger partial charge in [-0.15, -0.1) is 0 Å². The second-order valence-corrected chi connectivity index (χ2v) is 5.06. The molecule has 1 heterocycles. The molecule has 3 nitrogen and oxygen atoms in total. The van der Waals surface area contributed by atoms with E-state index in [1.807, 2.05) is 0 Å². The number of rotatable bonds is 5. The lowest BCUT2D eigenvalue weighted by atomic mass is 10.1. The van der Waals surface area contributed by atoms with Crippen LogP contribution in [0.1, 0.15) is 18.4 Å². The fourth-order valence-corrected chi connectivity index (χ4v) is 2.58. The van der Waals surface area contributed by atoms with Gasteiger partial charge in [0.1, 0.15) is 0 Å². The van der Waals surface area contributed by atoms with Gasteiger partial charge < -0.3 is 15.0 Å². The predicted octanol–water partition coefficient (Wildman–Crippen LogP) is 2.38. The first-order chi connectivity index (χ1) is 8.81. The highest BCUT2D eigenvalue weighted by Gasteiger charge is 2.18. The first kappa shape index (κ1) is 13.4. The molecule has 1 aliphatic rings. The van der Waals surface area contributed by atoms with Crippen LogP contribution >= 0.6 is 0 Å². The monoisotopic (exact) mass is 248 g/mol. The average Bonchev–Trinajstić information content (AvgIpc) is 2.61. The fourth-order valence-electron chi connectivity index (χ4n) is 2.58. The van der Waals surface area contributed by atoms with Crippen molar-refractivity contribution in [3.63, 3.8) is 0 Å². The number of aryl methyl sites for hydroxylation is 1. The summed E-state index contributed by atoms with van der Waals surface area (Å²) in [7, 11) is 3.99. The summed E-state index contributed by atoms with van der Waals surface area (Å²) < 4.78 is 5.11. The summed E-state index contributed by atoms with van der Waals surface area (Å²) in [6, 6.07) is 9.27. The zero-order valence-electron chi connectivity index (χ0n) is 11.5. The van der Waals surface area contributed by atoms with Crippen molar-refractivity contribution in [3.05, 3.63) is 29.8 Å². The van der Waals surface area contributed by atoms with E-state index in [9.17, 15) is 0 Å². The van der Waals surface area contributed by atoms with E-state index in [2.05, 4.69) is 41.5 Å². The molecule has 1 aliphatic heterocycles. The first-order valence-electron chi connectivity index (χ1n) is 6.82. The number of methoxy groups -OCH3 is 1. The molecule has 0 saturated carbocycles. The summed E-state index contributed by atoms with van der Waals surface area (Å²) in [5, 5.41) is 3.57. The third kappa shape index (κ3) is 3.47. The number of hydrogen-bond acceptors (Lipinski definition) is 3. The molecule has 1 aromatic carbocycles. The number of anilines is 1. The van der Waals surface area contributed by atoms with Crippen molar-refractivity contribution in [1.82, 2.24) is 4.90 Å². The van der Waals surface area contributed by atoms with Gasteiger partial charge in [0.2, 0.25) is 0 Å². The molecule has 0 aromatic heterocycles. The smallest absolute Gasteiger partial charge is 0.0474 e. The molecule has 1 N–H and O–H groups in total. The normalized spacial score (nSPS) is 19.2. The number of nitrogens with one attached hydrogen (secondary N) is 1. The van der Waals surface area contributed by atoms with Crippen molar-refractivity contribution in [2.45, 2.75) is 25.3 Å². The summed E-state index contributed by atoms with van der Waals surface area (Å²) in [6.45, 7) is 3.00.